The van der Waals surface area contributed by atoms with Crippen molar-refractivity contribution in [2.24, 2.45) is 5.92 Å². The Balaban J connectivity index is 1.82. The molecule has 0 amide bonds. The van der Waals surface area contributed by atoms with E-state index in [9.17, 15) is 9.90 Å². The van der Waals surface area contributed by atoms with Gasteiger partial charge in [-0.15, -0.1) is 0 Å². The van der Waals surface area contributed by atoms with E-state index in [0.717, 1.165) is 55.0 Å². The number of carbonyl (C=O) groups is 1. The molecule has 0 aliphatic carbocycles. The molecule has 2 aromatic heterocycles. The highest BCUT2D eigenvalue weighted by Crippen LogP contribution is 2.33. The Labute approximate surface area is 163 Å². The molecule has 3 heterocycles. The first-order valence-electron chi connectivity index (χ1n) is 9.51. The van der Waals surface area contributed by atoms with Crippen molar-refractivity contribution in [2.75, 3.05) is 31.7 Å². The number of ether oxygens (including phenoxy) is 1. The Kier molecular flexibility index (Phi) is 5.00. The number of nitrogens with zero attached hydrogens (tertiary/aromatic N) is 4. The van der Waals surface area contributed by atoms with Crippen LogP contribution < -0.4 is 4.90 Å². The van der Waals surface area contributed by atoms with Gasteiger partial charge in [0.1, 0.15) is 0 Å². The number of aryl methyl sites for hydroxylation is 1. The van der Waals surface area contributed by atoms with Crippen LogP contribution in [0.3, 0.4) is 0 Å². The van der Waals surface area contributed by atoms with Crippen molar-refractivity contribution in [2.45, 2.75) is 19.8 Å². The standard InChI is InChI=1S/C21H24N4O3/c1-14-19-18(24-10-8-15(9-11-24)13-28-2)12-17(21(26)27)22-20(19)25(23-14)16-6-4-3-5-7-16/h3-7,12,15H,8-11,13H2,1-2H3,(H,26,27). The first kappa shape index (κ1) is 18.4. The highest BCUT2D eigenvalue weighted by Gasteiger charge is 2.25. The van der Waals surface area contributed by atoms with Crippen LogP contribution in [0.15, 0.2) is 36.4 Å². The van der Waals surface area contributed by atoms with Crippen molar-refractivity contribution in [3.63, 3.8) is 0 Å². The average Bonchev–Trinajstić information content (AvgIpc) is 3.05. The second-order valence-corrected chi connectivity index (χ2v) is 7.25. The van der Waals surface area contributed by atoms with Crippen molar-refractivity contribution >= 4 is 22.7 Å². The zero-order valence-corrected chi connectivity index (χ0v) is 16.1. The fourth-order valence-electron chi connectivity index (χ4n) is 3.95. The molecule has 1 N–H and O–H groups in total. The van der Waals surface area contributed by atoms with Gasteiger partial charge in [0.05, 0.1) is 22.5 Å². The molecule has 3 aromatic rings. The van der Waals surface area contributed by atoms with Gasteiger partial charge in [0.25, 0.3) is 0 Å². The Bertz CT molecular complexity index is 992. The molecule has 0 unspecified atom stereocenters. The molecule has 146 valence electrons. The highest BCUT2D eigenvalue weighted by molar-refractivity contribution is 5.98. The van der Waals surface area contributed by atoms with Gasteiger partial charge < -0.3 is 14.7 Å². The average molecular weight is 380 g/mol. The van der Waals surface area contributed by atoms with Gasteiger partial charge >= 0.3 is 5.97 Å². The molecule has 1 aliphatic rings. The second kappa shape index (κ2) is 7.59. The summed E-state index contributed by atoms with van der Waals surface area (Å²) in [6, 6.07) is 11.4. The maximum atomic E-state index is 11.7. The molecular weight excluding hydrogens is 356 g/mol. The molecule has 0 saturated carbocycles. The molecular formula is C21H24N4O3. The third-order valence-corrected chi connectivity index (χ3v) is 5.37. The third-order valence-electron chi connectivity index (χ3n) is 5.37. The summed E-state index contributed by atoms with van der Waals surface area (Å²) in [7, 11) is 1.74. The van der Waals surface area contributed by atoms with Gasteiger partial charge in [0.15, 0.2) is 11.3 Å². The van der Waals surface area contributed by atoms with Crippen molar-refractivity contribution in [3.05, 3.63) is 47.8 Å². The lowest BCUT2D eigenvalue weighted by Crippen LogP contribution is -2.35. The van der Waals surface area contributed by atoms with E-state index >= 15 is 0 Å². The summed E-state index contributed by atoms with van der Waals surface area (Å²) in [5, 5.41) is 15.2. The number of para-hydroxylation sites is 1. The van der Waals surface area contributed by atoms with Crippen LogP contribution in [-0.4, -0.2) is 52.6 Å². The Morgan fingerprint density at radius 3 is 2.61 bits per heavy atom. The minimum atomic E-state index is -1.03. The predicted octanol–water partition coefficient (Wildman–Crippen LogP) is 3.29. The van der Waals surface area contributed by atoms with E-state index in [0.29, 0.717) is 11.6 Å². The normalized spacial score (nSPS) is 15.3. The monoisotopic (exact) mass is 380 g/mol. The van der Waals surface area contributed by atoms with Crippen LogP contribution in [0, 0.1) is 12.8 Å². The van der Waals surface area contributed by atoms with E-state index in [4.69, 9.17) is 4.74 Å². The van der Waals surface area contributed by atoms with Gasteiger partial charge in [0.2, 0.25) is 0 Å². The van der Waals surface area contributed by atoms with Gasteiger partial charge in [-0.1, -0.05) is 18.2 Å². The van der Waals surface area contributed by atoms with Crippen molar-refractivity contribution in [1.29, 1.82) is 0 Å². The molecule has 4 rings (SSSR count). The van der Waals surface area contributed by atoms with E-state index in [1.165, 1.54) is 0 Å². The molecule has 0 radical (unpaired) electrons. The topological polar surface area (TPSA) is 80.5 Å². The number of benzene rings is 1. The van der Waals surface area contributed by atoms with Crippen LogP contribution in [0.25, 0.3) is 16.7 Å². The number of rotatable bonds is 5. The number of pyridine rings is 1. The molecule has 0 spiro atoms. The Morgan fingerprint density at radius 2 is 1.96 bits per heavy atom. The zero-order chi connectivity index (χ0) is 19.7. The summed E-state index contributed by atoms with van der Waals surface area (Å²) in [6.45, 7) is 4.44. The smallest absolute Gasteiger partial charge is 0.354 e. The maximum absolute atomic E-state index is 11.7. The Morgan fingerprint density at radius 1 is 1.25 bits per heavy atom. The first-order chi connectivity index (χ1) is 13.6. The molecule has 1 aromatic carbocycles. The molecule has 1 saturated heterocycles. The van der Waals surface area contributed by atoms with Gasteiger partial charge in [0, 0.05) is 26.8 Å². The Hall–Kier alpha value is -2.93. The summed E-state index contributed by atoms with van der Waals surface area (Å²) in [4.78, 5) is 18.4. The lowest BCUT2D eigenvalue weighted by Gasteiger charge is -2.33. The van der Waals surface area contributed by atoms with E-state index in [1.807, 2.05) is 37.3 Å². The van der Waals surface area contributed by atoms with E-state index in [1.54, 1.807) is 17.9 Å². The highest BCUT2D eigenvalue weighted by atomic mass is 16.5. The van der Waals surface area contributed by atoms with E-state index < -0.39 is 5.97 Å². The number of carboxylic acids is 1. The van der Waals surface area contributed by atoms with Crippen molar-refractivity contribution in [1.82, 2.24) is 14.8 Å². The molecule has 7 heteroatoms. The van der Waals surface area contributed by atoms with Crippen molar-refractivity contribution in [3.8, 4) is 5.69 Å². The van der Waals surface area contributed by atoms with Crippen LogP contribution in [-0.2, 0) is 4.74 Å². The van der Waals surface area contributed by atoms with Crippen LogP contribution >= 0.6 is 0 Å². The number of aromatic carboxylic acids is 1. The molecule has 28 heavy (non-hydrogen) atoms. The molecule has 1 fully saturated rings. The molecule has 7 nitrogen and oxygen atoms in total. The number of fused-ring (bicyclic) bond motifs is 1. The fraction of sp³-hybridized carbons (Fsp3) is 0.381. The lowest BCUT2D eigenvalue weighted by atomic mass is 9.97. The zero-order valence-electron chi connectivity index (χ0n) is 16.1. The summed E-state index contributed by atoms with van der Waals surface area (Å²) in [5.74, 6) is -0.485. The third kappa shape index (κ3) is 3.33. The van der Waals surface area contributed by atoms with Crippen molar-refractivity contribution < 1.29 is 14.6 Å². The summed E-state index contributed by atoms with van der Waals surface area (Å²) in [6.07, 6.45) is 2.04. The number of methoxy groups -OCH3 is 1. The van der Waals surface area contributed by atoms with E-state index in [-0.39, 0.29) is 5.69 Å². The number of carboxylic acid groups (broad SMARTS) is 1. The number of hydrogen-bond acceptors (Lipinski definition) is 5. The van der Waals surface area contributed by atoms with E-state index in [2.05, 4.69) is 15.0 Å². The van der Waals surface area contributed by atoms with Crippen LogP contribution in [0.1, 0.15) is 29.0 Å². The largest absolute Gasteiger partial charge is 0.477 e. The van der Waals surface area contributed by atoms with Crippen LogP contribution in [0.2, 0.25) is 0 Å². The lowest BCUT2D eigenvalue weighted by molar-refractivity contribution is 0.0691. The molecule has 0 bridgehead atoms. The number of anilines is 1. The molecule has 1 aliphatic heterocycles. The van der Waals surface area contributed by atoms with Gasteiger partial charge in [-0.2, -0.15) is 5.10 Å². The van der Waals surface area contributed by atoms with Gasteiger partial charge in [-0.25, -0.2) is 14.5 Å². The van der Waals surface area contributed by atoms with Crippen LogP contribution in [0.5, 0.6) is 0 Å². The minimum Gasteiger partial charge on any atom is -0.477 e. The molecule has 0 atom stereocenters. The predicted molar refractivity (Wildman–Crippen MR) is 107 cm³/mol. The summed E-state index contributed by atoms with van der Waals surface area (Å²) >= 11 is 0. The van der Waals surface area contributed by atoms with Gasteiger partial charge in [-0.05, 0) is 43.9 Å². The fourth-order valence-corrected chi connectivity index (χ4v) is 3.95. The minimum absolute atomic E-state index is 0.0404. The maximum Gasteiger partial charge on any atom is 0.354 e. The number of hydrogen-bond donors (Lipinski definition) is 1. The SMILES string of the molecule is COCC1CCN(c2cc(C(=O)O)nc3c2c(C)nn3-c2ccccc2)CC1. The summed E-state index contributed by atoms with van der Waals surface area (Å²) in [5.41, 5.74) is 3.23. The number of aromatic nitrogens is 3. The first-order valence-corrected chi connectivity index (χ1v) is 9.51. The van der Waals surface area contributed by atoms with Crippen LogP contribution in [0.4, 0.5) is 5.69 Å². The summed E-state index contributed by atoms with van der Waals surface area (Å²) < 4.78 is 7.03. The number of piperidine rings is 1. The quantitative estimate of drug-likeness (QED) is 0.732. The van der Waals surface area contributed by atoms with Gasteiger partial charge in [-0.3, -0.25) is 0 Å². The second-order valence-electron chi connectivity index (χ2n) is 7.25.